The smallest absolute Gasteiger partial charge is 0.191 e. The number of guanidine groups is 1. The minimum absolute atomic E-state index is 0. The molecular formula is C23H42IN5. The number of aliphatic imine (C=N–C) groups is 1. The molecule has 1 atom stereocenters. The number of benzene rings is 1. The Balaban J connectivity index is 0.00000420. The van der Waals surface area contributed by atoms with E-state index >= 15 is 0 Å². The highest BCUT2D eigenvalue weighted by Gasteiger charge is 2.23. The van der Waals surface area contributed by atoms with Crippen LogP contribution in [-0.4, -0.2) is 68.1 Å². The molecule has 1 saturated heterocycles. The number of nitrogens with zero attached hydrogens (tertiary/aromatic N) is 3. The first-order valence-corrected chi connectivity index (χ1v) is 11.1. The van der Waals surface area contributed by atoms with Crippen molar-refractivity contribution in [3.05, 3.63) is 35.9 Å². The average Bonchev–Trinajstić information content (AvgIpc) is 3.22. The molecule has 2 N–H and O–H groups in total. The van der Waals surface area contributed by atoms with Gasteiger partial charge >= 0.3 is 0 Å². The number of hydrogen-bond acceptors (Lipinski definition) is 3. The van der Waals surface area contributed by atoms with Gasteiger partial charge in [0.05, 0.1) is 12.6 Å². The summed E-state index contributed by atoms with van der Waals surface area (Å²) in [5, 5.41) is 6.93. The summed E-state index contributed by atoms with van der Waals surface area (Å²) in [6, 6.07) is 11.8. The molecule has 0 aromatic heterocycles. The van der Waals surface area contributed by atoms with Crippen molar-refractivity contribution in [2.75, 3.05) is 46.3 Å². The summed E-state index contributed by atoms with van der Waals surface area (Å²) in [4.78, 5) is 9.93. The number of likely N-dealkylation sites (tertiary alicyclic amines) is 1. The third-order valence-corrected chi connectivity index (χ3v) is 5.64. The van der Waals surface area contributed by atoms with E-state index in [1.54, 1.807) is 0 Å². The van der Waals surface area contributed by atoms with E-state index in [9.17, 15) is 0 Å². The van der Waals surface area contributed by atoms with Crippen LogP contribution in [0.3, 0.4) is 0 Å². The Morgan fingerprint density at radius 3 is 2.41 bits per heavy atom. The lowest BCUT2D eigenvalue weighted by atomic mass is 10.1. The molecule has 1 aromatic carbocycles. The van der Waals surface area contributed by atoms with Crippen molar-refractivity contribution < 1.29 is 0 Å². The Bertz CT molecular complexity index is 558. The number of halogens is 1. The Morgan fingerprint density at radius 2 is 1.79 bits per heavy atom. The van der Waals surface area contributed by atoms with Gasteiger partial charge in [0.15, 0.2) is 5.96 Å². The van der Waals surface area contributed by atoms with E-state index in [1.807, 2.05) is 0 Å². The highest BCUT2D eigenvalue weighted by Crippen LogP contribution is 2.25. The van der Waals surface area contributed by atoms with Crippen LogP contribution >= 0.6 is 24.0 Å². The van der Waals surface area contributed by atoms with E-state index in [4.69, 9.17) is 4.99 Å². The first-order valence-electron chi connectivity index (χ1n) is 11.1. The molecule has 1 aromatic rings. The van der Waals surface area contributed by atoms with Gasteiger partial charge in [0.1, 0.15) is 0 Å². The fourth-order valence-electron chi connectivity index (χ4n) is 3.63. The Kier molecular flexibility index (Phi) is 13.6. The van der Waals surface area contributed by atoms with E-state index in [0.29, 0.717) is 12.1 Å². The van der Waals surface area contributed by atoms with E-state index in [1.165, 1.54) is 37.9 Å². The molecule has 1 aliphatic heterocycles. The molecule has 6 heteroatoms. The molecule has 0 radical (unpaired) electrons. The molecule has 0 aliphatic carbocycles. The van der Waals surface area contributed by atoms with Crippen molar-refractivity contribution in [2.24, 2.45) is 4.99 Å². The first-order chi connectivity index (χ1) is 13.6. The summed E-state index contributed by atoms with van der Waals surface area (Å²) in [5.74, 6) is 0.944. The van der Waals surface area contributed by atoms with Crippen LogP contribution in [0.2, 0.25) is 0 Å². The third kappa shape index (κ3) is 9.66. The summed E-state index contributed by atoms with van der Waals surface area (Å²) in [6.07, 6.45) is 4.98. The van der Waals surface area contributed by atoms with Gasteiger partial charge in [-0.25, -0.2) is 0 Å². The fourth-order valence-corrected chi connectivity index (χ4v) is 3.63. The lowest BCUT2D eigenvalue weighted by molar-refractivity contribution is 0.251. The standard InChI is InChI=1S/C23H41N5.HI/c1-5-24-23(25-15-9-10-16-27(4)20(2)3)26-19-22(28-17-11-12-18-28)21-13-7-6-8-14-21;/h6-8,13-14,20,22H,5,9-12,15-19H2,1-4H3,(H2,24,25,26);1H. The highest BCUT2D eigenvalue weighted by molar-refractivity contribution is 14.0. The van der Waals surface area contributed by atoms with E-state index in [-0.39, 0.29) is 24.0 Å². The van der Waals surface area contributed by atoms with Gasteiger partial charge in [-0.15, -0.1) is 24.0 Å². The van der Waals surface area contributed by atoms with Crippen LogP contribution in [0.4, 0.5) is 0 Å². The molecule has 166 valence electrons. The molecule has 1 unspecified atom stereocenters. The average molecular weight is 516 g/mol. The van der Waals surface area contributed by atoms with Crippen LogP contribution in [0.5, 0.6) is 0 Å². The van der Waals surface area contributed by atoms with E-state index < -0.39 is 0 Å². The van der Waals surface area contributed by atoms with Gasteiger partial charge in [0, 0.05) is 19.1 Å². The normalized spacial score (nSPS) is 16.1. The predicted molar refractivity (Wildman–Crippen MR) is 136 cm³/mol. The molecule has 5 nitrogen and oxygen atoms in total. The lowest BCUT2D eigenvalue weighted by Gasteiger charge is -2.27. The molecule has 1 fully saturated rings. The third-order valence-electron chi connectivity index (χ3n) is 5.64. The molecule has 1 aliphatic rings. The van der Waals surface area contributed by atoms with E-state index in [2.05, 4.69) is 78.6 Å². The van der Waals surface area contributed by atoms with Crippen LogP contribution in [0.25, 0.3) is 0 Å². The van der Waals surface area contributed by atoms with Crippen molar-refractivity contribution in [1.29, 1.82) is 0 Å². The largest absolute Gasteiger partial charge is 0.357 e. The molecule has 29 heavy (non-hydrogen) atoms. The highest BCUT2D eigenvalue weighted by atomic mass is 127. The van der Waals surface area contributed by atoms with Gasteiger partial charge in [-0.3, -0.25) is 9.89 Å². The van der Waals surface area contributed by atoms with Gasteiger partial charge in [0.25, 0.3) is 0 Å². The number of rotatable bonds is 11. The van der Waals surface area contributed by atoms with Crippen molar-refractivity contribution in [2.45, 2.75) is 58.5 Å². The molecular weight excluding hydrogens is 473 g/mol. The van der Waals surface area contributed by atoms with Crippen LogP contribution in [-0.2, 0) is 0 Å². The van der Waals surface area contributed by atoms with Crippen LogP contribution in [0, 0.1) is 0 Å². The summed E-state index contributed by atoms with van der Waals surface area (Å²) >= 11 is 0. The number of hydrogen-bond donors (Lipinski definition) is 2. The lowest BCUT2D eigenvalue weighted by Crippen LogP contribution is -2.39. The second-order valence-corrected chi connectivity index (χ2v) is 8.10. The molecule has 0 spiro atoms. The summed E-state index contributed by atoms with van der Waals surface area (Å²) in [7, 11) is 2.20. The topological polar surface area (TPSA) is 42.9 Å². The quantitative estimate of drug-likeness (QED) is 0.202. The van der Waals surface area contributed by atoms with Crippen molar-refractivity contribution in [1.82, 2.24) is 20.4 Å². The predicted octanol–water partition coefficient (Wildman–Crippen LogP) is 4.12. The molecule has 1 heterocycles. The zero-order chi connectivity index (χ0) is 20.2. The number of unbranched alkanes of at least 4 members (excludes halogenated alkanes) is 1. The maximum atomic E-state index is 4.94. The van der Waals surface area contributed by atoms with Crippen molar-refractivity contribution in [3.8, 4) is 0 Å². The zero-order valence-corrected chi connectivity index (χ0v) is 21.2. The summed E-state index contributed by atoms with van der Waals surface area (Å²) in [5.41, 5.74) is 1.38. The van der Waals surface area contributed by atoms with Crippen LogP contribution in [0.15, 0.2) is 35.3 Å². The van der Waals surface area contributed by atoms with Gasteiger partial charge in [-0.05, 0) is 78.7 Å². The van der Waals surface area contributed by atoms with Gasteiger partial charge < -0.3 is 15.5 Å². The minimum atomic E-state index is 0. The molecule has 0 saturated carbocycles. The minimum Gasteiger partial charge on any atom is -0.357 e. The first kappa shape index (κ1) is 26.2. The van der Waals surface area contributed by atoms with Crippen LogP contribution in [0.1, 0.15) is 58.1 Å². The zero-order valence-electron chi connectivity index (χ0n) is 18.9. The molecule has 2 rings (SSSR count). The van der Waals surface area contributed by atoms with Gasteiger partial charge in [-0.1, -0.05) is 30.3 Å². The monoisotopic (exact) mass is 515 g/mol. The molecule has 0 amide bonds. The summed E-state index contributed by atoms with van der Waals surface area (Å²) < 4.78 is 0. The maximum absolute atomic E-state index is 4.94. The van der Waals surface area contributed by atoms with Crippen molar-refractivity contribution >= 4 is 29.9 Å². The molecule has 0 bridgehead atoms. The van der Waals surface area contributed by atoms with Crippen molar-refractivity contribution in [3.63, 3.8) is 0 Å². The van der Waals surface area contributed by atoms with Gasteiger partial charge in [-0.2, -0.15) is 0 Å². The summed E-state index contributed by atoms with van der Waals surface area (Å²) in [6.45, 7) is 12.8. The maximum Gasteiger partial charge on any atom is 0.191 e. The van der Waals surface area contributed by atoms with E-state index in [0.717, 1.165) is 38.6 Å². The Morgan fingerprint density at radius 1 is 1.10 bits per heavy atom. The second kappa shape index (κ2) is 15.0. The Hall–Kier alpha value is -0.860. The fraction of sp³-hybridized carbons (Fsp3) is 0.696. The van der Waals surface area contributed by atoms with Gasteiger partial charge in [0.2, 0.25) is 0 Å². The Labute approximate surface area is 195 Å². The number of nitrogens with one attached hydrogen (secondary N) is 2. The van der Waals surface area contributed by atoms with Crippen LogP contribution < -0.4 is 10.6 Å². The second-order valence-electron chi connectivity index (χ2n) is 8.10. The SMILES string of the molecule is CCNC(=NCC(c1ccccc1)N1CCCC1)NCCCCN(C)C(C)C.I.